The molecule has 0 unspecified atom stereocenters. The van der Waals surface area contributed by atoms with E-state index in [0.717, 1.165) is 6.07 Å². The van der Waals surface area contributed by atoms with E-state index >= 15 is 0 Å². The average molecular weight is 221 g/mol. The van der Waals surface area contributed by atoms with E-state index in [-0.39, 0.29) is 23.3 Å². The fourth-order valence-electron chi connectivity index (χ4n) is 1.80. The molecule has 1 aromatic rings. The highest BCUT2D eigenvalue weighted by Gasteiger charge is 2.28. The molecule has 0 spiro atoms. The number of Topliss-reactive ketones (excluding diaryl/α,β-unsaturated/α-hetero) is 1. The molecule has 2 rings (SSSR count). The van der Waals surface area contributed by atoms with Gasteiger partial charge in [-0.05, 0) is 18.1 Å². The van der Waals surface area contributed by atoms with Crippen LogP contribution >= 0.6 is 0 Å². The van der Waals surface area contributed by atoms with Crippen LogP contribution in [-0.4, -0.2) is 21.8 Å². The van der Waals surface area contributed by atoms with Gasteiger partial charge in [0.25, 0.3) is 5.69 Å². The number of carbonyl (C=O) groups is 2. The Morgan fingerprint density at radius 2 is 2.06 bits per heavy atom. The number of nitro groups is 1. The van der Waals surface area contributed by atoms with Gasteiger partial charge in [0.05, 0.1) is 4.92 Å². The summed E-state index contributed by atoms with van der Waals surface area (Å²) in [6.45, 7) is 0. The molecule has 1 aliphatic rings. The van der Waals surface area contributed by atoms with Crippen molar-refractivity contribution in [1.29, 1.82) is 0 Å². The fraction of sp³-hybridized carbons (Fsp3) is 0.200. The summed E-state index contributed by atoms with van der Waals surface area (Å²) in [6.07, 6.45) is 0.738. The number of carboxylic acid groups (broad SMARTS) is 1. The quantitative estimate of drug-likeness (QED) is 0.601. The number of ketones is 1. The fourth-order valence-corrected chi connectivity index (χ4v) is 1.80. The van der Waals surface area contributed by atoms with Crippen molar-refractivity contribution in [3.8, 4) is 0 Å². The zero-order valence-corrected chi connectivity index (χ0v) is 8.10. The van der Waals surface area contributed by atoms with Gasteiger partial charge in [-0.15, -0.1) is 0 Å². The Labute approximate surface area is 89.7 Å². The molecule has 1 N–H and O–H groups in total. The van der Waals surface area contributed by atoms with Gasteiger partial charge in [0.1, 0.15) is 5.56 Å². The van der Waals surface area contributed by atoms with Crippen LogP contribution in [0.25, 0.3) is 0 Å². The zero-order valence-electron chi connectivity index (χ0n) is 8.10. The predicted octanol–water partition coefficient (Wildman–Crippen LogP) is 1.42. The van der Waals surface area contributed by atoms with E-state index in [4.69, 9.17) is 5.11 Å². The first-order chi connectivity index (χ1) is 7.50. The number of aryl methyl sites for hydroxylation is 1. The number of fused-ring (bicyclic) bond motifs is 1. The highest BCUT2D eigenvalue weighted by Crippen LogP contribution is 2.29. The first kappa shape index (κ1) is 10.3. The SMILES string of the molecule is O=C1CCc2cc(C(=O)O)c([N+](=O)[O-])cc21. The van der Waals surface area contributed by atoms with E-state index in [1.54, 1.807) is 0 Å². The van der Waals surface area contributed by atoms with Crippen LogP contribution in [0.3, 0.4) is 0 Å². The lowest BCUT2D eigenvalue weighted by Crippen LogP contribution is -2.05. The molecule has 0 saturated heterocycles. The second kappa shape index (κ2) is 3.41. The Morgan fingerprint density at radius 3 is 2.62 bits per heavy atom. The minimum Gasteiger partial charge on any atom is -0.477 e. The first-order valence-electron chi connectivity index (χ1n) is 4.58. The summed E-state index contributed by atoms with van der Waals surface area (Å²) in [5, 5.41) is 19.5. The molecule has 0 amide bonds. The number of carbonyl (C=O) groups excluding carboxylic acids is 1. The first-order valence-corrected chi connectivity index (χ1v) is 4.58. The smallest absolute Gasteiger partial charge is 0.342 e. The van der Waals surface area contributed by atoms with Crippen LogP contribution in [0.4, 0.5) is 5.69 Å². The largest absolute Gasteiger partial charge is 0.477 e. The second-order valence-corrected chi connectivity index (χ2v) is 3.51. The topological polar surface area (TPSA) is 97.5 Å². The zero-order chi connectivity index (χ0) is 11.9. The molecule has 16 heavy (non-hydrogen) atoms. The summed E-state index contributed by atoms with van der Waals surface area (Å²) < 4.78 is 0. The summed E-state index contributed by atoms with van der Waals surface area (Å²) in [5.41, 5.74) is -0.0374. The van der Waals surface area contributed by atoms with Crippen LogP contribution in [-0.2, 0) is 6.42 Å². The van der Waals surface area contributed by atoms with Crippen molar-refractivity contribution in [3.05, 3.63) is 38.9 Å². The maximum absolute atomic E-state index is 11.4. The Morgan fingerprint density at radius 1 is 1.38 bits per heavy atom. The molecule has 0 aromatic heterocycles. The maximum Gasteiger partial charge on any atom is 0.342 e. The normalized spacial score (nSPS) is 13.6. The number of rotatable bonds is 2. The van der Waals surface area contributed by atoms with E-state index in [1.807, 2.05) is 0 Å². The van der Waals surface area contributed by atoms with Crippen molar-refractivity contribution in [2.24, 2.45) is 0 Å². The van der Waals surface area contributed by atoms with E-state index in [2.05, 4.69) is 0 Å². The van der Waals surface area contributed by atoms with E-state index in [1.165, 1.54) is 6.07 Å². The van der Waals surface area contributed by atoms with E-state index in [9.17, 15) is 19.7 Å². The third kappa shape index (κ3) is 1.44. The summed E-state index contributed by atoms with van der Waals surface area (Å²) >= 11 is 0. The number of aromatic carboxylic acids is 1. The number of hydrogen-bond donors (Lipinski definition) is 1. The number of carboxylic acids is 1. The number of hydrogen-bond acceptors (Lipinski definition) is 4. The molecule has 0 heterocycles. The lowest BCUT2D eigenvalue weighted by atomic mass is 10.0. The number of benzene rings is 1. The standard InChI is InChI=1S/C10H7NO5/c12-9-2-1-5-3-7(10(13)14)8(11(15)16)4-6(5)9/h3-4H,1-2H2,(H,13,14). The molecule has 0 atom stereocenters. The molecule has 0 radical (unpaired) electrons. The van der Waals surface area contributed by atoms with Gasteiger partial charge in [-0.2, -0.15) is 0 Å². The van der Waals surface area contributed by atoms with Gasteiger partial charge in [-0.25, -0.2) is 4.79 Å². The minimum atomic E-state index is -1.35. The van der Waals surface area contributed by atoms with Gasteiger partial charge in [-0.3, -0.25) is 14.9 Å². The van der Waals surface area contributed by atoms with Crippen molar-refractivity contribution >= 4 is 17.4 Å². The van der Waals surface area contributed by atoms with Gasteiger partial charge in [-0.1, -0.05) is 0 Å². The highest BCUT2D eigenvalue weighted by atomic mass is 16.6. The van der Waals surface area contributed by atoms with Crippen LogP contribution in [0.2, 0.25) is 0 Å². The number of nitrogens with zero attached hydrogens (tertiary/aromatic N) is 1. The van der Waals surface area contributed by atoms with Crippen molar-refractivity contribution < 1.29 is 19.6 Å². The van der Waals surface area contributed by atoms with Crippen molar-refractivity contribution in [1.82, 2.24) is 0 Å². The average Bonchev–Trinajstić information content (AvgIpc) is 2.58. The molecule has 0 fully saturated rings. The van der Waals surface area contributed by atoms with Crippen molar-refractivity contribution in [2.75, 3.05) is 0 Å². The molecular formula is C10H7NO5. The summed E-state index contributed by atoms with van der Waals surface area (Å²) in [5.74, 6) is -1.52. The second-order valence-electron chi connectivity index (χ2n) is 3.51. The van der Waals surface area contributed by atoms with Crippen LogP contribution < -0.4 is 0 Å². The highest BCUT2D eigenvalue weighted by molar-refractivity contribution is 6.03. The molecule has 82 valence electrons. The van der Waals surface area contributed by atoms with Gasteiger partial charge in [0.2, 0.25) is 0 Å². The van der Waals surface area contributed by atoms with Crippen molar-refractivity contribution in [3.63, 3.8) is 0 Å². The van der Waals surface area contributed by atoms with Crippen molar-refractivity contribution in [2.45, 2.75) is 12.8 Å². The summed E-state index contributed by atoms with van der Waals surface area (Å²) in [7, 11) is 0. The van der Waals surface area contributed by atoms with Gasteiger partial charge in [0.15, 0.2) is 5.78 Å². The summed E-state index contributed by atoms with van der Waals surface area (Å²) in [6, 6.07) is 2.29. The predicted molar refractivity (Wildman–Crippen MR) is 52.7 cm³/mol. The number of nitro benzene ring substituents is 1. The Kier molecular flexibility index (Phi) is 2.19. The molecule has 1 aliphatic carbocycles. The maximum atomic E-state index is 11.4. The monoisotopic (exact) mass is 221 g/mol. The third-order valence-electron chi connectivity index (χ3n) is 2.57. The Bertz CT molecular complexity index is 520. The lowest BCUT2D eigenvalue weighted by Gasteiger charge is -2.01. The van der Waals surface area contributed by atoms with Crippen LogP contribution in [0, 0.1) is 10.1 Å². The summed E-state index contributed by atoms with van der Waals surface area (Å²) in [4.78, 5) is 32.1. The minimum absolute atomic E-state index is 0.171. The van der Waals surface area contributed by atoms with Crippen LogP contribution in [0.15, 0.2) is 12.1 Å². The molecule has 0 saturated carbocycles. The van der Waals surface area contributed by atoms with E-state index in [0.29, 0.717) is 12.0 Å². The molecule has 0 bridgehead atoms. The molecule has 1 aromatic carbocycles. The third-order valence-corrected chi connectivity index (χ3v) is 2.57. The Hall–Kier alpha value is -2.24. The lowest BCUT2D eigenvalue weighted by molar-refractivity contribution is -0.385. The molecule has 0 aliphatic heterocycles. The van der Waals surface area contributed by atoms with Gasteiger partial charge >= 0.3 is 5.97 Å². The molecule has 6 nitrogen and oxygen atoms in total. The van der Waals surface area contributed by atoms with Gasteiger partial charge in [0, 0.05) is 18.1 Å². The molecule has 6 heteroatoms. The molecular weight excluding hydrogens is 214 g/mol. The van der Waals surface area contributed by atoms with E-state index < -0.39 is 16.6 Å². The van der Waals surface area contributed by atoms with Crippen LogP contribution in [0.1, 0.15) is 32.7 Å². The van der Waals surface area contributed by atoms with Crippen LogP contribution in [0.5, 0.6) is 0 Å². The Balaban J connectivity index is 2.68. The van der Waals surface area contributed by atoms with Gasteiger partial charge < -0.3 is 5.11 Å².